The summed E-state index contributed by atoms with van der Waals surface area (Å²) in [7, 11) is 2.73. The molecule has 0 amide bonds. The minimum Gasteiger partial charge on any atom is -0.465 e. The van der Waals surface area contributed by atoms with Gasteiger partial charge >= 0.3 is 11.9 Å². The van der Waals surface area contributed by atoms with E-state index in [-0.39, 0.29) is 33.6 Å². The number of terminal acetylenes is 1. The zero-order valence-electron chi connectivity index (χ0n) is 60.6. The number of aromatic amines is 4. The van der Waals surface area contributed by atoms with Gasteiger partial charge in [0.1, 0.15) is 0 Å². The topological polar surface area (TPSA) is 167 Å². The quantitative estimate of drug-likeness (QED) is 0.0943. The predicted octanol–water partition coefficient (Wildman–Crippen LogP) is 20.8. The van der Waals surface area contributed by atoms with E-state index in [4.69, 9.17) is 31.1 Å². The number of aromatic nitrogens is 8. The fourth-order valence-corrected chi connectivity index (χ4v) is 15.2. The summed E-state index contributed by atoms with van der Waals surface area (Å²) in [6, 6.07) is 77.8. The largest absolute Gasteiger partial charge is 0.465 e. The van der Waals surface area contributed by atoms with Gasteiger partial charge in [-0.15, -0.1) is 6.42 Å². The first-order valence-corrected chi connectivity index (χ1v) is 36.1. The number of benzene rings is 6. The number of ether oxygens (including phenoxy) is 2. The molecule has 0 radical (unpaired) electrons. The van der Waals surface area contributed by atoms with Crippen molar-refractivity contribution in [2.24, 2.45) is 0 Å². The van der Waals surface area contributed by atoms with Gasteiger partial charge < -0.3 is 29.4 Å². The molecule has 6 aromatic heterocycles. The van der Waals surface area contributed by atoms with E-state index in [1.54, 1.807) is 36.4 Å². The molecule has 0 unspecified atom stereocenters. The van der Waals surface area contributed by atoms with Gasteiger partial charge in [0.15, 0.2) is 0 Å². The van der Waals surface area contributed by atoms with Crippen molar-refractivity contribution in [3.8, 4) is 68.7 Å². The van der Waals surface area contributed by atoms with Gasteiger partial charge in [-0.2, -0.15) is 0 Å². The number of halogens is 1. The summed E-state index contributed by atoms with van der Waals surface area (Å²) in [5, 5.41) is 0. The Kier molecular flexibility index (Phi) is 19.2. The Labute approximate surface area is 621 Å². The monoisotopic (exact) mass is 1440 g/mol. The molecule has 4 aliphatic heterocycles. The summed E-state index contributed by atoms with van der Waals surface area (Å²) in [5.74, 6) is 8.65. The molecule has 12 nitrogen and oxygen atoms in total. The maximum absolute atomic E-state index is 12.1. The van der Waals surface area contributed by atoms with Crippen molar-refractivity contribution in [1.29, 1.82) is 0 Å². The molecule has 0 spiro atoms. The zero-order valence-corrected chi connectivity index (χ0v) is 62.2. The number of fused-ring (bicyclic) bond motifs is 16. The van der Waals surface area contributed by atoms with E-state index in [0.29, 0.717) is 17.5 Å². The van der Waals surface area contributed by atoms with E-state index in [1.165, 1.54) is 14.2 Å². The number of esters is 2. The first-order chi connectivity index (χ1) is 50.6. The van der Waals surface area contributed by atoms with Gasteiger partial charge in [0.25, 0.3) is 0 Å². The van der Waals surface area contributed by atoms with Gasteiger partial charge in [0.05, 0.1) is 80.6 Å². The Hall–Kier alpha value is -11.9. The molecule has 13 heteroatoms. The molecule has 520 valence electrons. The molecule has 16 rings (SSSR count). The fourth-order valence-electron chi connectivity index (χ4n) is 14.7. The molecule has 0 aliphatic carbocycles. The first kappa shape index (κ1) is 70.2. The predicted molar refractivity (Wildman–Crippen MR) is 428 cm³/mol. The minimum absolute atomic E-state index is 0.128. The molecule has 0 atom stereocenters. The number of rotatable bonds is 6. The second-order valence-electron chi connectivity index (χ2n) is 29.7. The van der Waals surface area contributed by atoms with Crippen LogP contribution in [0.4, 0.5) is 0 Å². The molecule has 4 N–H and O–H groups in total. The van der Waals surface area contributed by atoms with Gasteiger partial charge in [-0.05, 0) is 147 Å². The van der Waals surface area contributed by atoms with Crippen LogP contribution in [0.5, 0.6) is 0 Å². The molecular formula is C92H81BrN8O4. The van der Waals surface area contributed by atoms with Crippen molar-refractivity contribution in [3.63, 3.8) is 0 Å². The van der Waals surface area contributed by atoms with Crippen LogP contribution in [-0.2, 0) is 56.8 Å². The van der Waals surface area contributed by atoms with Crippen LogP contribution in [0.25, 0.3) is 88.6 Å². The summed E-state index contributed by atoms with van der Waals surface area (Å²) in [5.41, 5.74) is 27.9. The van der Waals surface area contributed by atoms with E-state index < -0.39 is 0 Å². The van der Waals surface area contributed by atoms with Crippen LogP contribution in [0.2, 0.25) is 0 Å². The Morgan fingerprint density at radius 2 is 0.714 bits per heavy atom. The lowest BCUT2D eigenvalue weighted by molar-refractivity contribution is 0.0592. The molecule has 4 aliphatic rings. The van der Waals surface area contributed by atoms with Gasteiger partial charge in [0, 0.05) is 125 Å². The van der Waals surface area contributed by atoms with Crippen molar-refractivity contribution in [3.05, 3.63) is 308 Å². The second-order valence-corrected chi connectivity index (χ2v) is 30.5. The van der Waals surface area contributed by atoms with E-state index in [0.717, 1.165) is 175 Å². The molecule has 6 aromatic carbocycles. The van der Waals surface area contributed by atoms with E-state index in [2.05, 4.69) is 284 Å². The van der Waals surface area contributed by atoms with E-state index in [1.807, 2.05) is 24.3 Å². The van der Waals surface area contributed by atoms with Gasteiger partial charge in [-0.25, -0.2) is 9.59 Å². The SMILES string of the molecule is C#Cc1ccc(C(=O)OC)cc1.CC1(C)Cc2nc1c(-c1ccccc1)c1ccc(cc3nc(c(-c4ccccc4)c4ccc([nH]4)c2Br)C(C)(C)C3)[nH]1.COC(=O)c1ccc(C#Cc2c3nc(c(-c4ccccc4)c4ccc(cc5nc(c(-c6ccccc6)c6ccc2[nH]6)C(C)(C)C5)[nH]4)C(C)(C)C3)cc1. The number of carbonyl (C=O) groups excluding carboxylic acids is 2. The summed E-state index contributed by atoms with van der Waals surface area (Å²) < 4.78 is 10.4. The second kappa shape index (κ2) is 28.7. The number of methoxy groups -OCH3 is 2. The Morgan fingerprint density at radius 3 is 1.12 bits per heavy atom. The van der Waals surface area contributed by atoms with Crippen molar-refractivity contribution < 1.29 is 19.1 Å². The van der Waals surface area contributed by atoms with Crippen molar-refractivity contribution >= 4 is 72.0 Å². The van der Waals surface area contributed by atoms with E-state index >= 15 is 0 Å². The maximum Gasteiger partial charge on any atom is 0.337 e. The highest BCUT2D eigenvalue weighted by atomic mass is 79.9. The van der Waals surface area contributed by atoms with E-state index in [9.17, 15) is 9.59 Å². The van der Waals surface area contributed by atoms with Crippen molar-refractivity contribution in [2.45, 2.75) is 103 Å². The Balaban J connectivity index is 0.000000155. The first-order valence-electron chi connectivity index (χ1n) is 35.3. The van der Waals surface area contributed by atoms with Crippen LogP contribution in [-0.4, -0.2) is 66.0 Å². The molecule has 12 aromatic rings. The van der Waals surface area contributed by atoms with Crippen molar-refractivity contribution in [1.82, 2.24) is 39.9 Å². The molecule has 16 bridgehead atoms. The van der Waals surface area contributed by atoms with Crippen LogP contribution in [0.1, 0.15) is 138 Å². The Morgan fingerprint density at radius 1 is 0.381 bits per heavy atom. The maximum atomic E-state index is 12.1. The fraction of sp³-hybridized carbons (Fsp3) is 0.196. The van der Waals surface area contributed by atoms with Crippen LogP contribution in [0.3, 0.4) is 0 Å². The number of nitrogens with zero attached hydrogens (tertiary/aromatic N) is 4. The lowest BCUT2D eigenvalue weighted by Crippen LogP contribution is -2.17. The molecule has 105 heavy (non-hydrogen) atoms. The van der Waals surface area contributed by atoms with Crippen LogP contribution in [0.15, 0.2) is 235 Å². The van der Waals surface area contributed by atoms with Crippen LogP contribution in [0, 0.1) is 24.2 Å². The third kappa shape index (κ3) is 14.5. The summed E-state index contributed by atoms with van der Waals surface area (Å²) >= 11 is 3.97. The average Bonchev–Trinajstić information content (AvgIpc) is 1.61. The average molecular weight is 1440 g/mol. The highest BCUT2D eigenvalue weighted by molar-refractivity contribution is 9.10. The minimum atomic E-state index is -0.376. The number of H-pyrrole nitrogens is 4. The summed E-state index contributed by atoms with van der Waals surface area (Å²) in [4.78, 5) is 59.5. The number of hydrogen-bond donors (Lipinski definition) is 4. The molecule has 10 heterocycles. The van der Waals surface area contributed by atoms with Gasteiger partial charge in [0.2, 0.25) is 0 Å². The standard InChI is InChI=1S/C46H40N4O2.C36H33BrN4.C10H8O2/c1-45(2)27-34-26-33-21-23-37(47-33)40(30-12-8-6-9-13-30)43-46(3,4)28-39(50-43)35(22-18-29-16-19-32(20-17-29)44(51)52-5)36-24-25-38(49-36)41(42(45)48-34)31-14-10-7-11-15-31;1-35(2)20-25-19-24-15-16-26(38-24)30(22-11-7-5-8-12-22)34-36(3,4)21-29(41-34)32(37)28-18-17-27(40-28)31(33(35)39-25)23-13-9-6-10-14-23;1-3-8-4-6-9(7-5-8)10(11)12-2/h6-17,19-21,23-26,47,49H,27-28H2,1-5H3;5-19,38,40H,20-21H2,1-4H3;1,4-7H,2H3. The smallest absolute Gasteiger partial charge is 0.337 e. The van der Waals surface area contributed by atoms with Crippen LogP contribution >= 0.6 is 15.9 Å². The molecule has 0 saturated heterocycles. The van der Waals surface area contributed by atoms with Gasteiger partial charge in [-0.3, -0.25) is 19.9 Å². The highest BCUT2D eigenvalue weighted by Gasteiger charge is 2.37. The number of nitrogens with one attached hydrogen (secondary N) is 4. The highest BCUT2D eigenvalue weighted by Crippen LogP contribution is 2.45. The molecule has 0 saturated carbocycles. The van der Waals surface area contributed by atoms with Gasteiger partial charge in [-0.1, -0.05) is 194 Å². The normalized spacial score (nSPS) is 14.2. The lowest BCUT2D eigenvalue weighted by Gasteiger charge is -2.20. The third-order valence-electron chi connectivity index (χ3n) is 19.9. The summed E-state index contributed by atoms with van der Waals surface area (Å²) in [6.45, 7) is 18.2. The molecule has 0 fully saturated rings. The lowest BCUT2D eigenvalue weighted by atomic mass is 9.82. The van der Waals surface area contributed by atoms with Crippen molar-refractivity contribution in [2.75, 3.05) is 14.2 Å². The van der Waals surface area contributed by atoms with Crippen LogP contribution < -0.4 is 0 Å². The zero-order chi connectivity index (χ0) is 73.4. The number of hydrogen-bond acceptors (Lipinski definition) is 8. The Bertz CT molecular complexity index is 5730. The molecular weight excluding hydrogens is 1360 g/mol. The number of carbonyl (C=O) groups is 2. The third-order valence-corrected chi connectivity index (χ3v) is 20.8. The summed E-state index contributed by atoms with van der Waals surface area (Å²) in [6.07, 6.45) is 8.35.